The van der Waals surface area contributed by atoms with Gasteiger partial charge in [-0.2, -0.15) is 8.70 Å². The Kier molecular flexibility index (Phi) is 4.26. The van der Waals surface area contributed by atoms with Gasteiger partial charge in [-0.1, -0.05) is 13.0 Å². The zero-order chi connectivity index (χ0) is 15.8. The molecule has 1 aliphatic heterocycles. The van der Waals surface area contributed by atoms with Crippen LogP contribution in [0.1, 0.15) is 13.3 Å². The van der Waals surface area contributed by atoms with E-state index in [4.69, 9.17) is 0 Å². The van der Waals surface area contributed by atoms with Gasteiger partial charge in [0.25, 0.3) is 0 Å². The third kappa shape index (κ3) is 2.89. The largest absolute Gasteiger partial charge is 0.393 e. The first-order valence-electron chi connectivity index (χ1n) is 6.36. The average Bonchev–Trinajstić information content (AvgIpc) is 2.41. The van der Waals surface area contributed by atoms with Crippen molar-refractivity contribution in [2.45, 2.75) is 24.3 Å². The maximum Gasteiger partial charge on any atom is 0.324 e. The smallest absolute Gasteiger partial charge is 0.324 e. The summed E-state index contributed by atoms with van der Waals surface area (Å²) in [6.07, 6.45) is -0.372. The molecule has 0 saturated carbocycles. The van der Waals surface area contributed by atoms with Crippen LogP contribution in [-0.2, 0) is 10.0 Å². The Bertz CT molecular complexity index is 664. The van der Waals surface area contributed by atoms with Crippen molar-refractivity contribution in [3.63, 3.8) is 0 Å². The summed E-state index contributed by atoms with van der Waals surface area (Å²) in [5.74, 6) is -1.48. The highest BCUT2D eigenvalue weighted by atomic mass is 32.2. The van der Waals surface area contributed by atoms with Gasteiger partial charge in [0.1, 0.15) is 0 Å². The van der Waals surface area contributed by atoms with Crippen LogP contribution in [0, 0.1) is 21.8 Å². The summed E-state index contributed by atoms with van der Waals surface area (Å²) < 4.78 is 39.6. The maximum atomic E-state index is 13.6. The van der Waals surface area contributed by atoms with Gasteiger partial charge in [0, 0.05) is 13.1 Å². The average molecular weight is 318 g/mol. The summed E-state index contributed by atoms with van der Waals surface area (Å²) in [6, 6.07) is 2.99. The summed E-state index contributed by atoms with van der Waals surface area (Å²) in [5, 5.41) is 20.6. The first-order chi connectivity index (χ1) is 9.75. The zero-order valence-corrected chi connectivity index (χ0v) is 12.1. The van der Waals surface area contributed by atoms with Crippen molar-refractivity contribution in [3.05, 3.63) is 34.1 Å². The van der Waals surface area contributed by atoms with Gasteiger partial charge in [0.05, 0.1) is 11.0 Å². The van der Waals surface area contributed by atoms with Crippen LogP contribution in [0.5, 0.6) is 0 Å². The number of rotatable bonds is 3. The number of halogens is 1. The summed E-state index contributed by atoms with van der Waals surface area (Å²) in [7, 11) is -4.18. The molecular formula is C12H15FN2O5S. The van der Waals surface area contributed by atoms with Gasteiger partial charge >= 0.3 is 5.69 Å². The van der Waals surface area contributed by atoms with Crippen LogP contribution in [0.15, 0.2) is 23.1 Å². The fraction of sp³-hybridized carbons (Fsp3) is 0.500. The Morgan fingerprint density at radius 1 is 1.48 bits per heavy atom. The quantitative estimate of drug-likeness (QED) is 0.665. The highest BCUT2D eigenvalue weighted by Gasteiger charge is 2.37. The van der Waals surface area contributed by atoms with Gasteiger partial charge in [-0.25, -0.2) is 8.42 Å². The number of sulfonamides is 1. The van der Waals surface area contributed by atoms with Crippen LogP contribution in [0.4, 0.5) is 10.1 Å². The number of nitro groups is 1. The van der Waals surface area contributed by atoms with E-state index in [9.17, 15) is 28.0 Å². The summed E-state index contributed by atoms with van der Waals surface area (Å²) in [4.78, 5) is 9.24. The van der Waals surface area contributed by atoms with Crippen molar-refractivity contribution < 1.29 is 22.8 Å². The summed E-state index contributed by atoms with van der Waals surface area (Å²) in [6.45, 7) is 1.77. The Morgan fingerprint density at radius 3 is 2.71 bits per heavy atom. The standard InChI is InChI=1S/C12H15FN2O5S/c1-8-7-14(6-5-10(8)16)21(19,20)11-4-2-3-9(13)12(11)15(17)18/h2-4,8,10,16H,5-7H2,1H3. The van der Waals surface area contributed by atoms with Crippen molar-refractivity contribution in [3.8, 4) is 0 Å². The van der Waals surface area contributed by atoms with E-state index in [2.05, 4.69) is 0 Å². The van der Waals surface area contributed by atoms with Crippen molar-refractivity contribution in [1.29, 1.82) is 0 Å². The van der Waals surface area contributed by atoms with Gasteiger partial charge in [-0.05, 0) is 24.5 Å². The van der Waals surface area contributed by atoms with Crippen LogP contribution in [0.25, 0.3) is 0 Å². The Balaban J connectivity index is 2.46. The number of para-hydroxylation sites is 1. The SMILES string of the molecule is CC1CN(S(=O)(=O)c2cccc(F)c2[N+](=O)[O-])CCC1O. The molecule has 1 fully saturated rings. The van der Waals surface area contributed by atoms with E-state index in [-0.39, 0.29) is 25.4 Å². The van der Waals surface area contributed by atoms with Gasteiger partial charge in [0.15, 0.2) is 4.90 Å². The summed E-state index contributed by atoms with van der Waals surface area (Å²) >= 11 is 0. The molecule has 0 aliphatic carbocycles. The topological polar surface area (TPSA) is 101 Å². The van der Waals surface area contributed by atoms with E-state index >= 15 is 0 Å². The highest BCUT2D eigenvalue weighted by molar-refractivity contribution is 7.89. The second kappa shape index (κ2) is 5.66. The summed E-state index contributed by atoms with van der Waals surface area (Å²) in [5.41, 5.74) is -1.05. The van der Waals surface area contributed by atoms with Crippen molar-refractivity contribution in [2.24, 2.45) is 5.92 Å². The first kappa shape index (κ1) is 15.8. The fourth-order valence-corrected chi connectivity index (χ4v) is 4.06. The zero-order valence-electron chi connectivity index (χ0n) is 11.3. The van der Waals surface area contributed by atoms with Crippen molar-refractivity contribution in [2.75, 3.05) is 13.1 Å². The Morgan fingerprint density at radius 2 is 2.14 bits per heavy atom. The molecule has 2 rings (SSSR count). The molecule has 1 N–H and O–H groups in total. The predicted octanol–water partition coefficient (Wildman–Crippen LogP) is 1.13. The monoisotopic (exact) mass is 318 g/mol. The molecule has 21 heavy (non-hydrogen) atoms. The van der Waals surface area contributed by atoms with Crippen molar-refractivity contribution in [1.82, 2.24) is 4.31 Å². The molecule has 2 unspecified atom stereocenters. The maximum absolute atomic E-state index is 13.6. The van der Waals surface area contributed by atoms with Crippen LogP contribution >= 0.6 is 0 Å². The van der Waals surface area contributed by atoms with Crippen LogP contribution < -0.4 is 0 Å². The molecule has 0 spiro atoms. The van der Waals surface area contributed by atoms with E-state index in [0.717, 1.165) is 22.5 Å². The molecule has 0 radical (unpaired) electrons. The highest BCUT2D eigenvalue weighted by Crippen LogP contribution is 2.31. The lowest BCUT2D eigenvalue weighted by Gasteiger charge is -2.33. The Hall–Kier alpha value is -1.58. The molecule has 1 saturated heterocycles. The van der Waals surface area contributed by atoms with E-state index in [1.165, 1.54) is 0 Å². The Labute approximate surface area is 121 Å². The molecule has 2 atom stereocenters. The minimum Gasteiger partial charge on any atom is -0.393 e. The fourth-order valence-electron chi connectivity index (χ4n) is 2.33. The second-order valence-electron chi connectivity index (χ2n) is 5.04. The third-order valence-corrected chi connectivity index (χ3v) is 5.47. The molecule has 7 nitrogen and oxygen atoms in total. The molecule has 116 valence electrons. The minimum atomic E-state index is -4.18. The molecular weight excluding hydrogens is 303 g/mol. The number of nitrogens with zero attached hydrogens (tertiary/aromatic N) is 2. The lowest BCUT2D eigenvalue weighted by Crippen LogP contribution is -2.45. The molecule has 9 heteroatoms. The second-order valence-corrected chi connectivity index (χ2v) is 6.95. The van der Waals surface area contributed by atoms with Crippen LogP contribution in [0.3, 0.4) is 0 Å². The number of aliphatic hydroxyl groups is 1. The number of aliphatic hydroxyl groups excluding tert-OH is 1. The number of hydrogen-bond donors (Lipinski definition) is 1. The van der Waals surface area contributed by atoms with Gasteiger partial charge in [0.2, 0.25) is 15.8 Å². The van der Waals surface area contributed by atoms with Crippen molar-refractivity contribution >= 4 is 15.7 Å². The molecule has 1 aromatic carbocycles. The molecule has 0 bridgehead atoms. The van der Waals surface area contributed by atoms with Gasteiger partial charge in [-0.3, -0.25) is 10.1 Å². The minimum absolute atomic E-state index is 0.0389. The van der Waals surface area contributed by atoms with E-state index in [1.54, 1.807) is 6.92 Å². The van der Waals surface area contributed by atoms with E-state index < -0.39 is 37.5 Å². The lowest BCUT2D eigenvalue weighted by atomic mass is 9.99. The molecule has 1 aliphatic rings. The van der Waals surface area contributed by atoms with Gasteiger partial charge < -0.3 is 5.11 Å². The predicted molar refractivity (Wildman–Crippen MR) is 71.6 cm³/mol. The molecule has 0 amide bonds. The first-order valence-corrected chi connectivity index (χ1v) is 7.80. The number of piperidine rings is 1. The van der Waals surface area contributed by atoms with E-state index in [0.29, 0.717) is 0 Å². The molecule has 1 heterocycles. The molecule has 0 aromatic heterocycles. The number of hydrogen-bond acceptors (Lipinski definition) is 5. The number of nitro benzene ring substituents is 1. The van der Waals surface area contributed by atoms with Crippen LogP contribution in [-0.4, -0.2) is 41.9 Å². The van der Waals surface area contributed by atoms with Crippen LogP contribution in [0.2, 0.25) is 0 Å². The van der Waals surface area contributed by atoms with Gasteiger partial charge in [-0.15, -0.1) is 0 Å². The third-order valence-electron chi connectivity index (χ3n) is 3.57. The normalized spacial score (nSPS) is 24.0. The number of benzene rings is 1. The van der Waals surface area contributed by atoms with E-state index in [1.807, 2.05) is 0 Å². The lowest BCUT2D eigenvalue weighted by molar-refractivity contribution is -0.390. The molecule has 1 aromatic rings.